The molecule has 2 heterocycles. The molecule has 0 radical (unpaired) electrons. The number of thioether (sulfide) groups is 1. The van der Waals surface area contributed by atoms with E-state index in [0.29, 0.717) is 29.6 Å². The number of carbonyl (C=O) groups is 1. The first-order valence-corrected chi connectivity index (χ1v) is 12.4. The van der Waals surface area contributed by atoms with E-state index < -0.39 is 0 Å². The van der Waals surface area contributed by atoms with Gasteiger partial charge in [-0.25, -0.2) is 4.98 Å². The van der Waals surface area contributed by atoms with Crippen molar-refractivity contribution in [1.29, 1.82) is 0 Å². The van der Waals surface area contributed by atoms with Crippen LogP contribution in [0.3, 0.4) is 0 Å². The van der Waals surface area contributed by atoms with E-state index in [9.17, 15) is 4.79 Å². The maximum atomic E-state index is 12.7. The summed E-state index contributed by atoms with van der Waals surface area (Å²) in [5.74, 6) is 3.61. The lowest BCUT2D eigenvalue weighted by atomic mass is 10.1. The maximum absolute atomic E-state index is 12.7. The van der Waals surface area contributed by atoms with Gasteiger partial charge >= 0.3 is 0 Å². The Kier molecular flexibility index (Phi) is 6.99. The number of fused-ring (bicyclic) bond motifs is 1. The fourth-order valence-corrected chi connectivity index (χ4v) is 4.54. The van der Waals surface area contributed by atoms with Crippen LogP contribution in [0, 0.1) is 0 Å². The Morgan fingerprint density at radius 3 is 2.47 bits per heavy atom. The smallest absolute Gasteiger partial charge is 0.234 e. The van der Waals surface area contributed by atoms with Crippen molar-refractivity contribution in [2.45, 2.75) is 11.9 Å². The third-order valence-electron chi connectivity index (χ3n) is 5.48. The van der Waals surface area contributed by atoms with Crippen molar-refractivity contribution >= 4 is 23.4 Å². The molecule has 0 unspecified atom stereocenters. The summed E-state index contributed by atoms with van der Waals surface area (Å²) < 4.78 is 21.6. The fourth-order valence-electron chi connectivity index (χ4n) is 3.73. The molecule has 0 fully saturated rings. The summed E-state index contributed by atoms with van der Waals surface area (Å²) in [5.41, 5.74) is 3.35. The van der Waals surface area contributed by atoms with E-state index in [1.807, 2.05) is 55.5 Å². The lowest BCUT2D eigenvalue weighted by Gasteiger charge is -2.07. The number of rotatable bonds is 9. The van der Waals surface area contributed by atoms with Crippen LogP contribution in [0.1, 0.15) is 6.92 Å². The van der Waals surface area contributed by atoms with Crippen LogP contribution in [0.25, 0.3) is 22.6 Å². The Hall–Kier alpha value is -4.11. The van der Waals surface area contributed by atoms with Crippen LogP contribution in [0.4, 0.5) is 5.69 Å². The van der Waals surface area contributed by atoms with Crippen molar-refractivity contribution in [3.63, 3.8) is 0 Å². The number of ether oxygens (including phenoxy) is 4. The summed E-state index contributed by atoms with van der Waals surface area (Å²) in [6.07, 6.45) is 0. The Morgan fingerprint density at radius 1 is 1.00 bits per heavy atom. The molecule has 1 aliphatic rings. The number of amides is 1. The first-order valence-electron chi connectivity index (χ1n) is 11.4. The Labute approximate surface area is 213 Å². The summed E-state index contributed by atoms with van der Waals surface area (Å²) in [5, 5.41) is 3.64. The van der Waals surface area contributed by atoms with Gasteiger partial charge in [-0.15, -0.1) is 0 Å². The van der Waals surface area contributed by atoms with E-state index in [1.54, 1.807) is 25.3 Å². The molecule has 1 aliphatic heterocycles. The molecular formula is C27H25N3O5S. The average molecular weight is 504 g/mol. The summed E-state index contributed by atoms with van der Waals surface area (Å²) in [6.45, 7) is 2.75. The number of methoxy groups -OCH3 is 1. The zero-order valence-corrected chi connectivity index (χ0v) is 20.7. The number of aromatic nitrogens is 2. The second kappa shape index (κ2) is 10.7. The highest BCUT2D eigenvalue weighted by Crippen LogP contribution is 2.35. The van der Waals surface area contributed by atoms with Gasteiger partial charge in [-0.1, -0.05) is 11.8 Å². The average Bonchev–Trinajstić information content (AvgIpc) is 3.55. The molecule has 0 spiro atoms. The molecule has 8 nitrogen and oxygen atoms in total. The number of nitrogens with one attached hydrogen (secondary N) is 2. The highest BCUT2D eigenvalue weighted by atomic mass is 32.2. The molecule has 3 aromatic carbocycles. The molecule has 0 saturated carbocycles. The number of benzene rings is 3. The number of hydrogen-bond acceptors (Lipinski definition) is 7. The van der Waals surface area contributed by atoms with Gasteiger partial charge in [0.1, 0.15) is 22.3 Å². The minimum Gasteiger partial charge on any atom is -0.497 e. The molecule has 0 atom stereocenters. The predicted octanol–water partition coefficient (Wildman–Crippen LogP) is 5.61. The number of H-pyrrole nitrogens is 1. The zero-order valence-electron chi connectivity index (χ0n) is 19.9. The van der Waals surface area contributed by atoms with Gasteiger partial charge in [-0.3, -0.25) is 4.79 Å². The molecule has 1 aromatic heterocycles. The summed E-state index contributed by atoms with van der Waals surface area (Å²) in [6, 6.07) is 20.8. The van der Waals surface area contributed by atoms with Crippen LogP contribution < -0.4 is 24.3 Å². The molecule has 9 heteroatoms. The molecular weight excluding hydrogens is 478 g/mol. The second-order valence-corrected chi connectivity index (χ2v) is 8.82. The normalized spacial score (nSPS) is 11.8. The van der Waals surface area contributed by atoms with Crippen LogP contribution in [-0.4, -0.2) is 42.1 Å². The monoisotopic (exact) mass is 503 g/mol. The number of anilines is 1. The maximum Gasteiger partial charge on any atom is 0.234 e. The molecule has 4 aromatic rings. The zero-order chi connectivity index (χ0) is 24.9. The van der Waals surface area contributed by atoms with Gasteiger partial charge < -0.3 is 29.2 Å². The summed E-state index contributed by atoms with van der Waals surface area (Å²) >= 11 is 1.37. The summed E-state index contributed by atoms with van der Waals surface area (Å²) in [7, 11) is 1.63. The topological polar surface area (TPSA) is 94.7 Å². The van der Waals surface area contributed by atoms with Crippen LogP contribution in [0.5, 0.6) is 23.0 Å². The molecule has 0 aliphatic carbocycles. The minimum atomic E-state index is -0.148. The van der Waals surface area contributed by atoms with E-state index in [2.05, 4.69) is 10.3 Å². The first kappa shape index (κ1) is 23.6. The van der Waals surface area contributed by atoms with E-state index in [0.717, 1.165) is 33.3 Å². The van der Waals surface area contributed by atoms with Crippen molar-refractivity contribution in [2.75, 3.05) is 31.6 Å². The highest BCUT2D eigenvalue weighted by Gasteiger charge is 2.17. The largest absolute Gasteiger partial charge is 0.497 e. The van der Waals surface area contributed by atoms with E-state index in [1.165, 1.54) is 11.8 Å². The van der Waals surface area contributed by atoms with Crippen molar-refractivity contribution in [3.05, 3.63) is 66.7 Å². The van der Waals surface area contributed by atoms with Gasteiger partial charge in [0.2, 0.25) is 12.7 Å². The number of carbonyl (C=O) groups excluding carboxylic acids is 1. The lowest BCUT2D eigenvalue weighted by Crippen LogP contribution is -2.14. The molecule has 0 bridgehead atoms. The van der Waals surface area contributed by atoms with Crippen LogP contribution in [0.2, 0.25) is 0 Å². The molecule has 36 heavy (non-hydrogen) atoms. The first-order chi connectivity index (χ1) is 17.6. The number of hydrogen-bond donors (Lipinski definition) is 2. The molecule has 184 valence electrons. The quantitative estimate of drug-likeness (QED) is 0.287. The third-order valence-corrected chi connectivity index (χ3v) is 6.46. The Bertz CT molecular complexity index is 1350. The van der Waals surface area contributed by atoms with E-state index >= 15 is 0 Å². The van der Waals surface area contributed by atoms with E-state index in [4.69, 9.17) is 23.9 Å². The number of nitrogens with zero attached hydrogens (tertiary/aromatic N) is 1. The van der Waals surface area contributed by atoms with Gasteiger partial charge in [0.15, 0.2) is 11.5 Å². The predicted molar refractivity (Wildman–Crippen MR) is 139 cm³/mol. The van der Waals surface area contributed by atoms with Crippen LogP contribution in [0.15, 0.2) is 71.8 Å². The van der Waals surface area contributed by atoms with E-state index in [-0.39, 0.29) is 18.5 Å². The highest BCUT2D eigenvalue weighted by molar-refractivity contribution is 8.00. The van der Waals surface area contributed by atoms with Gasteiger partial charge in [0.05, 0.1) is 25.2 Å². The van der Waals surface area contributed by atoms with Crippen molar-refractivity contribution in [2.24, 2.45) is 0 Å². The van der Waals surface area contributed by atoms with Crippen molar-refractivity contribution < 1.29 is 23.7 Å². The van der Waals surface area contributed by atoms with Gasteiger partial charge in [-0.05, 0) is 67.6 Å². The fraction of sp³-hybridized carbons (Fsp3) is 0.185. The Balaban J connectivity index is 1.36. The summed E-state index contributed by atoms with van der Waals surface area (Å²) in [4.78, 5) is 21.0. The van der Waals surface area contributed by atoms with Crippen LogP contribution >= 0.6 is 11.8 Å². The minimum absolute atomic E-state index is 0.148. The number of aromatic amines is 1. The number of imidazole rings is 1. The third kappa shape index (κ3) is 5.26. The van der Waals surface area contributed by atoms with Gasteiger partial charge in [0.25, 0.3) is 0 Å². The Morgan fingerprint density at radius 2 is 1.72 bits per heavy atom. The van der Waals surface area contributed by atoms with Gasteiger partial charge in [0, 0.05) is 22.9 Å². The van der Waals surface area contributed by atoms with Gasteiger partial charge in [-0.2, -0.15) is 0 Å². The second-order valence-electron chi connectivity index (χ2n) is 7.86. The molecule has 5 rings (SSSR count). The van der Waals surface area contributed by atoms with Crippen LogP contribution in [-0.2, 0) is 4.79 Å². The lowest BCUT2D eigenvalue weighted by molar-refractivity contribution is -0.113. The molecule has 0 saturated heterocycles. The van der Waals surface area contributed by atoms with Crippen molar-refractivity contribution in [1.82, 2.24) is 9.97 Å². The molecule has 2 N–H and O–H groups in total. The molecule has 1 amide bonds. The SMILES string of the molecule is CCOc1ccc(-c2nc(SCC(=O)Nc3ccc4c(c3)OCO4)c(-c3ccc(OC)cc3)[nH]2)cc1. The van der Waals surface area contributed by atoms with Crippen molar-refractivity contribution in [3.8, 4) is 45.6 Å². The standard InChI is InChI=1S/C27H25N3O5S/c1-3-33-21-11-6-18(7-12-21)26-29-25(17-4-9-20(32-2)10-5-17)27(30-26)36-15-24(31)28-19-8-13-22-23(14-19)35-16-34-22/h4-14H,3,15-16H2,1-2H3,(H,28,31)(H,29,30).